The van der Waals surface area contributed by atoms with Gasteiger partial charge >= 0.3 is 6.09 Å². The number of phenolic OH excluding ortho intramolecular Hbond substituents is 1. The maximum absolute atomic E-state index is 13.9. The molecule has 8 nitrogen and oxygen atoms in total. The first kappa shape index (κ1) is 29.6. The summed E-state index contributed by atoms with van der Waals surface area (Å²) >= 11 is 1.56. The van der Waals surface area contributed by atoms with Crippen LogP contribution in [0.2, 0.25) is 0 Å². The number of hydrogen-bond donors (Lipinski definition) is 3. The highest BCUT2D eigenvalue weighted by Crippen LogP contribution is 2.27. The number of carbonyl (C=O) groups is 3. The molecule has 0 heterocycles. The van der Waals surface area contributed by atoms with E-state index in [1.807, 2.05) is 40.9 Å². The number of benzene rings is 1. The molecule has 9 heteroatoms. The Labute approximate surface area is 208 Å². The van der Waals surface area contributed by atoms with Crippen molar-refractivity contribution in [2.45, 2.75) is 91.1 Å². The maximum atomic E-state index is 13.9. The Bertz CT molecular complexity index is 828. The Balaban J connectivity index is 3.43. The average Bonchev–Trinajstić information content (AvgIpc) is 2.66. The standard InChI is InChI=1S/C25H41N3O5S/c1-16(2)28(22(31)19(14-15-34-9)26-23(32)33-25(6,7)8)20(21(30)27-24(3,4)5)17-10-12-18(29)13-11-17/h10-13,16,19-20,29H,14-15H2,1-9H3,(H,26,32)(H,27,30). The van der Waals surface area contributed by atoms with Gasteiger partial charge in [-0.25, -0.2) is 4.79 Å². The van der Waals surface area contributed by atoms with Gasteiger partial charge in [-0.1, -0.05) is 12.1 Å². The van der Waals surface area contributed by atoms with Crippen molar-refractivity contribution in [1.82, 2.24) is 15.5 Å². The van der Waals surface area contributed by atoms with E-state index < -0.39 is 29.3 Å². The number of thioether (sulfide) groups is 1. The van der Waals surface area contributed by atoms with Crippen molar-refractivity contribution in [3.05, 3.63) is 29.8 Å². The third-order valence-electron chi connectivity index (χ3n) is 4.64. The average molecular weight is 496 g/mol. The Hall–Kier alpha value is -2.42. The number of carbonyl (C=O) groups excluding carboxylic acids is 3. The third-order valence-corrected chi connectivity index (χ3v) is 5.29. The van der Waals surface area contributed by atoms with Gasteiger partial charge in [-0.15, -0.1) is 0 Å². The Morgan fingerprint density at radius 2 is 1.62 bits per heavy atom. The monoisotopic (exact) mass is 495 g/mol. The molecule has 0 saturated heterocycles. The first-order chi connectivity index (χ1) is 15.6. The fourth-order valence-electron chi connectivity index (χ4n) is 3.34. The number of phenols is 1. The highest BCUT2D eigenvalue weighted by molar-refractivity contribution is 7.98. The van der Waals surface area contributed by atoms with Gasteiger partial charge < -0.3 is 25.4 Å². The van der Waals surface area contributed by atoms with E-state index in [9.17, 15) is 19.5 Å². The van der Waals surface area contributed by atoms with Crippen LogP contribution in [0.5, 0.6) is 5.75 Å². The Kier molecular flexibility index (Phi) is 10.7. The molecule has 0 saturated carbocycles. The lowest BCUT2D eigenvalue weighted by Crippen LogP contribution is -2.56. The van der Waals surface area contributed by atoms with Crippen LogP contribution >= 0.6 is 11.8 Å². The lowest BCUT2D eigenvalue weighted by Gasteiger charge is -2.38. The molecule has 0 aliphatic carbocycles. The van der Waals surface area contributed by atoms with Crippen LogP contribution in [-0.4, -0.2) is 63.1 Å². The minimum absolute atomic E-state index is 0.0607. The van der Waals surface area contributed by atoms with Crippen molar-refractivity contribution in [3.63, 3.8) is 0 Å². The fourth-order valence-corrected chi connectivity index (χ4v) is 3.81. The summed E-state index contributed by atoms with van der Waals surface area (Å²) in [4.78, 5) is 41.3. The van der Waals surface area contributed by atoms with Gasteiger partial charge in [0.05, 0.1) is 0 Å². The largest absolute Gasteiger partial charge is 0.508 e. The molecule has 0 fully saturated rings. The molecule has 34 heavy (non-hydrogen) atoms. The molecule has 3 amide bonds. The predicted molar refractivity (Wildman–Crippen MR) is 137 cm³/mol. The summed E-state index contributed by atoms with van der Waals surface area (Å²) in [7, 11) is 0. The molecule has 0 aliphatic rings. The Morgan fingerprint density at radius 3 is 2.06 bits per heavy atom. The van der Waals surface area contributed by atoms with Gasteiger partial charge in [0.1, 0.15) is 23.4 Å². The maximum Gasteiger partial charge on any atom is 0.408 e. The van der Waals surface area contributed by atoms with Gasteiger partial charge in [0.15, 0.2) is 0 Å². The van der Waals surface area contributed by atoms with E-state index in [1.54, 1.807) is 44.7 Å². The number of alkyl carbamates (subject to hydrolysis) is 1. The number of aromatic hydroxyl groups is 1. The number of amides is 3. The number of nitrogens with zero attached hydrogens (tertiary/aromatic N) is 1. The number of rotatable bonds is 9. The van der Waals surface area contributed by atoms with E-state index >= 15 is 0 Å². The van der Waals surface area contributed by atoms with Crippen LogP contribution in [0.25, 0.3) is 0 Å². The quantitative estimate of drug-likeness (QED) is 0.473. The van der Waals surface area contributed by atoms with Crippen LogP contribution < -0.4 is 10.6 Å². The van der Waals surface area contributed by atoms with E-state index in [4.69, 9.17) is 4.74 Å². The molecule has 1 aromatic rings. The van der Waals surface area contributed by atoms with Crippen LogP contribution in [0.3, 0.4) is 0 Å². The summed E-state index contributed by atoms with van der Waals surface area (Å²) in [5.41, 5.74) is -0.677. The van der Waals surface area contributed by atoms with Crippen molar-refractivity contribution in [1.29, 1.82) is 0 Å². The summed E-state index contributed by atoms with van der Waals surface area (Å²) in [6.07, 6.45) is 1.62. The molecule has 0 aromatic heterocycles. The van der Waals surface area contributed by atoms with Gasteiger partial charge in [0, 0.05) is 11.6 Å². The van der Waals surface area contributed by atoms with Crippen molar-refractivity contribution in [2.24, 2.45) is 0 Å². The van der Waals surface area contributed by atoms with E-state index in [2.05, 4.69) is 10.6 Å². The number of hydrogen-bond acceptors (Lipinski definition) is 6. The summed E-state index contributed by atoms with van der Waals surface area (Å²) in [5.74, 6) is -0.0281. The molecule has 192 valence electrons. The fraction of sp³-hybridized carbons (Fsp3) is 0.640. The molecule has 2 unspecified atom stereocenters. The molecular formula is C25H41N3O5S. The summed E-state index contributed by atoms with van der Waals surface area (Å²) in [6.45, 7) is 14.5. The second-order valence-corrected chi connectivity index (χ2v) is 11.5. The molecule has 1 rings (SSSR count). The van der Waals surface area contributed by atoms with E-state index in [-0.39, 0.29) is 23.6 Å². The lowest BCUT2D eigenvalue weighted by molar-refractivity contribution is -0.145. The topological polar surface area (TPSA) is 108 Å². The molecule has 1 aromatic carbocycles. The van der Waals surface area contributed by atoms with E-state index in [0.717, 1.165) is 0 Å². The first-order valence-corrected chi connectivity index (χ1v) is 12.9. The molecule has 0 aliphatic heterocycles. The zero-order chi connectivity index (χ0) is 26.3. The van der Waals surface area contributed by atoms with Crippen LogP contribution in [-0.2, 0) is 14.3 Å². The smallest absolute Gasteiger partial charge is 0.408 e. The second kappa shape index (κ2) is 12.3. The summed E-state index contributed by atoms with van der Waals surface area (Å²) in [6, 6.07) is 4.05. The second-order valence-electron chi connectivity index (χ2n) is 10.6. The van der Waals surface area contributed by atoms with Gasteiger partial charge in [-0.3, -0.25) is 9.59 Å². The van der Waals surface area contributed by atoms with Crippen molar-refractivity contribution >= 4 is 29.7 Å². The minimum atomic E-state index is -0.954. The first-order valence-electron chi connectivity index (χ1n) is 11.5. The molecule has 3 N–H and O–H groups in total. The highest BCUT2D eigenvalue weighted by Gasteiger charge is 2.38. The van der Waals surface area contributed by atoms with Crippen LogP contribution in [0, 0.1) is 0 Å². The zero-order valence-corrected chi connectivity index (χ0v) is 22.7. The van der Waals surface area contributed by atoms with E-state index in [1.165, 1.54) is 17.0 Å². The van der Waals surface area contributed by atoms with Gasteiger partial charge in [0.25, 0.3) is 0 Å². The molecular weight excluding hydrogens is 454 g/mol. The van der Waals surface area contributed by atoms with Crippen LogP contribution in [0.4, 0.5) is 4.79 Å². The van der Waals surface area contributed by atoms with Crippen molar-refractivity contribution < 1.29 is 24.2 Å². The predicted octanol–water partition coefficient (Wildman–Crippen LogP) is 4.23. The highest BCUT2D eigenvalue weighted by atomic mass is 32.2. The number of nitrogens with one attached hydrogen (secondary N) is 2. The Morgan fingerprint density at radius 1 is 1.06 bits per heavy atom. The van der Waals surface area contributed by atoms with Gasteiger partial charge in [-0.05, 0) is 91.5 Å². The molecule has 0 bridgehead atoms. The van der Waals surface area contributed by atoms with Crippen LogP contribution in [0.15, 0.2) is 24.3 Å². The normalized spacial score (nSPS) is 13.7. The van der Waals surface area contributed by atoms with Crippen LogP contribution in [0.1, 0.15) is 73.4 Å². The molecule has 0 spiro atoms. The SMILES string of the molecule is CSCCC(NC(=O)OC(C)(C)C)C(=O)N(C(C)C)C(C(=O)NC(C)(C)C)c1ccc(O)cc1. The number of ether oxygens (including phenoxy) is 1. The van der Waals surface area contributed by atoms with Gasteiger partial charge in [0.2, 0.25) is 11.8 Å². The summed E-state index contributed by atoms with van der Waals surface area (Å²) in [5, 5.41) is 15.4. The summed E-state index contributed by atoms with van der Waals surface area (Å²) < 4.78 is 5.38. The van der Waals surface area contributed by atoms with E-state index in [0.29, 0.717) is 17.7 Å². The lowest BCUT2D eigenvalue weighted by atomic mass is 9.99. The zero-order valence-electron chi connectivity index (χ0n) is 21.9. The minimum Gasteiger partial charge on any atom is -0.508 e. The van der Waals surface area contributed by atoms with Crippen molar-refractivity contribution in [2.75, 3.05) is 12.0 Å². The van der Waals surface area contributed by atoms with Crippen molar-refractivity contribution in [3.8, 4) is 5.75 Å². The third kappa shape index (κ3) is 9.83. The molecule has 0 radical (unpaired) electrons. The molecule has 2 atom stereocenters. The van der Waals surface area contributed by atoms with Gasteiger partial charge in [-0.2, -0.15) is 11.8 Å².